The van der Waals surface area contributed by atoms with Gasteiger partial charge < -0.3 is 14.8 Å². The number of nitrogens with zero attached hydrogens (tertiary/aromatic N) is 3. The molecule has 1 fully saturated rings. The zero-order valence-electron chi connectivity index (χ0n) is 10.1. The van der Waals surface area contributed by atoms with E-state index in [2.05, 4.69) is 10.3 Å². The Hall–Kier alpha value is -1.01. The molecule has 0 atom stereocenters. The standard InChI is InChI=1S/C11H18N4OS/c1-14-6-5-13-11(14)17-9-2-10(16)15-7-3-12-4-8-15/h5-6,12H,2-4,7-9H2,1H3. The lowest BCUT2D eigenvalue weighted by molar-refractivity contribution is -0.131. The Balaban J connectivity index is 1.71. The second-order valence-corrected chi connectivity index (χ2v) is 5.11. The molecule has 2 heterocycles. The van der Waals surface area contributed by atoms with Crippen molar-refractivity contribution in [1.82, 2.24) is 19.8 Å². The van der Waals surface area contributed by atoms with Crippen molar-refractivity contribution in [3.05, 3.63) is 12.4 Å². The molecule has 0 radical (unpaired) electrons. The van der Waals surface area contributed by atoms with Gasteiger partial charge in [-0.15, -0.1) is 0 Å². The molecule has 0 bridgehead atoms. The Bertz CT molecular complexity index is 373. The first-order chi connectivity index (χ1) is 8.27. The fraction of sp³-hybridized carbons (Fsp3) is 0.636. The van der Waals surface area contributed by atoms with Gasteiger partial charge >= 0.3 is 0 Å². The summed E-state index contributed by atoms with van der Waals surface area (Å²) in [5.41, 5.74) is 0. The number of thioether (sulfide) groups is 1. The molecule has 1 aromatic rings. The molecule has 1 aromatic heterocycles. The lowest BCUT2D eigenvalue weighted by atomic mass is 10.3. The topological polar surface area (TPSA) is 50.2 Å². The molecule has 2 rings (SSSR count). The molecule has 1 aliphatic heterocycles. The van der Waals surface area contributed by atoms with E-state index >= 15 is 0 Å². The van der Waals surface area contributed by atoms with Crippen molar-refractivity contribution < 1.29 is 4.79 Å². The average molecular weight is 254 g/mol. The van der Waals surface area contributed by atoms with Crippen molar-refractivity contribution in [2.75, 3.05) is 31.9 Å². The van der Waals surface area contributed by atoms with Crippen LogP contribution in [0.3, 0.4) is 0 Å². The molecule has 1 saturated heterocycles. The fourth-order valence-corrected chi connectivity index (χ4v) is 2.65. The molecule has 6 heteroatoms. The van der Waals surface area contributed by atoms with Crippen LogP contribution in [-0.2, 0) is 11.8 Å². The van der Waals surface area contributed by atoms with Gasteiger partial charge in [-0.25, -0.2) is 4.98 Å². The van der Waals surface area contributed by atoms with E-state index in [9.17, 15) is 4.79 Å². The number of amides is 1. The Labute approximate surface area is 106 Å². The highest BCUT2D eigenvalue weighted by molar-refractivity contribution is 7.99. The second-order valence-electron chi connectivity index (χ2n) is 4.05. The Morgan fingerprint density at radius 3 is 2.94 bits per heavy atom. The molecule has 0 aliphatic carbocycles. The van der Waals surface area contributed by atoms with E-state index < -0.39 is 0 Å². The van der Waals surface area contributed by atoms with Crippen LogP contribution < -0.4 is 5.32 Å². The van der Waals surface area contributed by atoms with Gasteiger partial charge in [0, 0.05) is 57.8 Å². The van der Waals surface area contributed by atoms with Crippen LogP contribution in [0, 0.1) is 0 Å². The molecule has 17 heavy (non-hydrogen) atoms. The maximum Gasteiger partial charge on any atom is 0.223 e. The number of aromatic nitrogens is 2. The molecule has 0 saturated carbocycles. The van der Waals surface area contributed by atoms with Crippen LogP contribution in [-0.4, -0.2) is 52.3 Å². The summed E-state index contributed by atoms with van der Waals surface area (Å²) in [6, 6.07) is 0. The van der Waals surface area contributed by atoms with Crippen LogP contribution in [0.2, 0.25) is 0 Å². The number of rotatable bonds is 4. The van der Waals surface area contributed by atoms with Crippen LogP contribution >= 0.6 is 11.8 Å². The van der Waals surface area contributed by atoms with Crippen molar-refractivity contribution in [3.8, 4) is 0 Å². The molecule has 1 amide bonds. The highest BCUT2D eigenvalue weighted by Gasteiger charge is 2.15. The maximum atomic E-state index is 11.9. The number of aryl methyl sites for hydroxylation is 1. The highest BCUT2D eigenvalue weighted by atomic mass is 32.2. The number of nitrogens with one attached hydrogen (secondary N) is 1. The van der Waals surface area contributed by atoms with Gasteiger partial charge in [0.05, 0.1) is 0 Å². The van der Waals surface area contributed by atoms with E-state index in [0.29, 0.717) is 6.42 Å². The van der Waals surface area contributed by atoms with E-state index in [1.807, 2.05) is 22.7 Å². The van der Waals surface area contributed by atoms with Gasteiger partial charge in [0.2, 0.25) is 5.91 Å². The largest absolute Gasteiger partial charge is 0.340 e. The summed E-state index contributed by atoms with van der Waals surface area (Å²) in [5, 5.41) is 4.21. The Kier molecular flexibility index (Phi) is 4.44. The molecule has 94 valence electrons. The molecule has 1 aliphatic rings. The van der Waals surface area contributed by atoms with Gasteiger partial charge in [0.25, 0.3) is 0 Å². The predicted molar refractivity (Wildman–Crippen MR) is 68.0 cm³/mol. The molecule has 5 nitrogen and oxygen atoms in total. The normalized spacial score (nSPS) is 16.2. The Morgan fingerprint density at radius 2 is 2.29 bits per heavy atom. The van der Waals surface area contributed by atoms with E-state index in [-0.39, 0.29) is 5.91 Å². The van der Waals surface area contributed by atoms with Gasteiger partial charge in [-0.05, 0) is 0 Å². The monoisotopic (exact) mass is 254 g/mol. The minimum atomic E-state index is 0.258. The molecular formula is C11H18N4OS. The lowest BCUT2D eigenvalue weighted by Crippen LogP contribution is -2.46. The van der Waals surface area contributed by atoms with Crippen molar-refractivity contribution in [2.24, 2.45) is 7.05 Å². The van der Waals surface area contributed by atoms with Crippen molar-refractivity contribution in [3.63, 3.8) is 0 Å². The molecule has 0 spiro atoms. The van der Waals surface area contributed by atoms with Crippen LogP contribution in [0.1, 0.15) is 6.42 Å². The van der Waals surface area contributed by atoms with Gasteiger partial charge in [0.15, 0.2) is 5.16 Å². The third kappa shape index (κ3) is 3.47. The zero-order valence-corrected chi connectivity index (χ0v) is 10.9. The lowest BCUT2D eigenvalue weighted by Gasteiger charge is -2.27. The fourth-order valence-electron chi connectivity index (χ4n) is 1.79. The number of hydrogen-bond donors (Lipinski definition) is 1. The van der Waals surface area contributed by atoms with Crippen LogP contribution in [0.15, 0.2) is 17.6 Å². The van der Waals surface area contributed by atoms with Gasteiger partial charge in [-0.3, -0.25) is 4.79 Å². The van der Waals surface area contributed by atoms with Crippen molar-refractivity contribution in [2.45, 2.75) is 11.6 Å². The number of carbonyl (C=O) groups excluding carboxylic acids is 1. The average Bonchev–Trinajstić information content (AvgIpc) is 2.76. The van der Waals surface area contributed by atoms with Crippen LogP contribution in [0.25, 0.3) is 0 Å². The summed E-state index contributed by atoms with van der Waals surface area (Å²) >= 11 is 1.63. The summed E-state index contributed by atoms with van der Waals surface area (Å²) in [6.07, 6.45) is 4.29. The minimum Gasteiger partial charge on any atom is -0.340 e. The summed E-state index contributed by atoms with van der Waals surface area (Å²) < 4.78 is 1.97. The smallest absolute Gasteiger partial charge is 0.223 e. The number of carbonyl (C=O) groups is 1. The van der Waals surface area contributed by atoms with Gasteiger partial charge in [-0.1, -0.05) is 11.8 Å². The summed E-state index contributed by atoms with van der Waals surface area (Å²) in [6.45, 7) is 3.51. The SMILES string of the molecule is Cn1ccnc1SCCC(=O)N1CCNCC1. The summed E-state index contributed by atoms with van der Waals surface area (Å²) in [7, 11) is 1.97. The van der Waals surface area contributed by atoms with E-state index in [1.54, 1.807) is 18.0 Å². The first-order valence-electron chi connectivity index (χ1n) is 5.86. The van der Waals surface area contributed by atoms with Crippen LogP contribution in [0.5, 0.6) is 0 Å². The number of imidazole rings is 1. The zero-order chi connectivity index (χ0) is 12.1. The van der Waals surface area contributed by atoms with E-state index in [0.717, 1.165) is 37.1 Å². The predicted octanol–water partition coefficient (Wildman–Crippen LogP) is 0.334. The van der Waals surface area contributed by atoms with Crippen molar-refractivity contribution in [1.29, 1.82) is 0 Å². The Morgan fingerprint density at radius 1 is 1.53 bits per heavy atom. The van der Waals surface area contributed by atoms with E-state index in [1.165, 1.54) is 0 Å². The third-order valence-electron chi connectivity index (χ3n) is 2.79. The second kappa shape index (κ2) is 6.07. The first kappa shape index (κ1) is 12.4. The van der Waals surface area contributed by atoms with E-state index in [4.69, 9.17) is 0 Å². The molecule has 0 unspecified atom stereocenters. The first-order valence-corrected chi connectivity index (χ1v) is 6.84. The third-order valence-corrected chi connectivity index (χ3v) is 3.85. The van der Waals surface area contributed by atoms with Crippen LogP contribution in [0.4, 0.5) is 0 Å². The minimum absolute atomic E-state index is 0.258. The van der Waals surface area contributed by atoms with Gasteiger partial charge in [0.1, 0.15) is 0 Å². The van der Waals surface area contributed by atoms with Crippen molar-refractivity contribution >= 4 is 17.7 Å². The summed E-state index contributed by atoms with van der Waals surface area (Å²) in [5.74, 6) is 1.06. The molecule has 1 N–H and O–H groups in total. The molecular weight excluding hydrogens is 236 g/mol. The summed E-state index contributed by atoms with van der Waals surface area (Å²) in [4.78, 5) is 18.0. The van der Waals surface area contributed by atoms with Gasteiger partial charge in [-0.2, -0.15) is 0 Å². The maximum absolute atomic E-state index is 11.9. The number of piperazine rings is 1. The highest BCUT2D eigenvalue weighted by Crippen LogP contribution is 2.15. The quantitative estimate of drug-likeness (QED) is 0.787. The molecule has 0 aromatic carbocycles. The number of hydrogen-bond acceptors (Lipinski definition) is 4.